The van der Waals surface area contributed by atoms with E-state index in [-0.39, 0.29) is 18.5 Å². The van der Waals surface area contributed by atoms with Crippen molar-refractivity contribution in [2.24, 2.45) is 0 Å². The van der Waals surface area contributed by atoms with Gasteiger partial charge in [-0.25, -0.2) is 14.6 Å². The van der Waals surface area contributed by atoms with E-state index in [4.69, 9.17) is 0 Å². The number of aliphatic hydroxyl groups excluding tert-OH is 1. The Morgan fingerprint density at radius 1 is 1.38 bits per heavy atom. The van der Waals surface area contributed by atoms with Crippen LogP contribution in [0.25, 0.3) is 0 Å². The minimum absolute atomic E-state index is 0.0949. The summed E-state index contributed by atoms with van der Waals surface area (Å²) in [4.78, 5) is 23.7. The van der Waals surface area contributed by atoms with E-state index in [1.165, 1.54) is 12.1 Å². The van der Waals surface area contributed by atoms with E-state index in [0.717, 1.165) is 11.6 Å². The quantitative estimate of drug-likeness (QED) is 0.471. The topological polar surface area (TPSA) is 78.9 Å². The molecule has 0 saturated heterocycles. The van der Waals surface area contributed by atoms with Crippen molar-refractivity contribution in [3.8, 4) is 0 Å². The van der Waals surface area contributed by atoms with Gasteiger partial charge in [-0.2, -0.15) is 0 Å². The summed E-state index contributed by atoms with van der Waals surface area (Å²) in [5, 5.41) is 11.2. The Balaban J connectivity index is 2.12. The summed E-state index contributed by atoms with van der Waals surface area (Å²) in [7, 11) is 0. The van der Waals surface area contributed by atoms with Crippen LogP contribution in [-0.2, 0) is 20.9 Å². The molecule has 0 aliphatic carbocycles. The zero-order chi connectivity index (χ0) is 17.7. The van der Waals surface area contributed by atoms with Crippen LogP contribution in [0.2, 0.25) is 0 Å². The molecule has 1 atom stereocenters. The van der Waals surface area contributed by atoms with Gasteiger partial charge in [-0.1, -0.05) is 12.1 Å². The highest BCUT2D eigenvalue weighted by Gasteiger charge is 2.25. The van der Waals surface area contributed by atoms with Crippen LogP contribution in [0.15, 0.2) is 47.9 Å². The van der Waals surface area contributed by atoms with Gasteiger partial charge >= 0.3 is 5.97 Å². The van der Waals surface area contributed by atoms with Crippen molar-refractivity contribution in [3.05, 3.63) is 59.3 Å². The number of benzene rings is 1. The predicted molar refractivity (Wildman–Crippen MR) is 85.0 cm³/mol. The van der Waals surface area contributed by atoms with E-state index in [2.05, 4.69) is 10.2 Å². The fourth-order valence-corrected chi connectivity index (χ4v) is 2.26. The Bertz CT molecular complexity index is 682. The predicted octanol–water partition coefficient (Wildman–Crippen LogP) is 1.99. The second kappa shape index (κ2) is 7.74. The number of hydrogen-bond acceptors (Lipinski definition) is 6. The molecule has 1 heterocycles. The molecule has 6 nitrogen and oxygen atoms in total. The first-order valence-corrected chi connectivity index (χ1v) is 7.52. The molecular formula is C17H19FN2O4. The smallest absolute Gasteiger partial charge is 0.373 e. The number of ketones is 1. The number of ether oxygens (including phenoxy) is 1. The van der Waals surface area contributed by atoms with Gasteiger partial charge in [-0.05, 0) is 37.6 Å². The Morgan fingerprint density at radius 2 is 2.04 bits per heavy atom. The molecule has 1 aliphatic heterocycles. The van der Waals surface area contributed by atoms with E-state index in [1.54, 1.807) is 30.1 Å². The standard InChI is InChI=1S/C17H19FN2O4/c1-3-24-17(23)16(22)9-15(21)14-8-11(2)19-20(14)10-12-4-6-13(18)7-5-12/h4-9,11,19,22H,3,10H2,1-2H3/b16-9-. The molecule has 2 rings (SSSR count). The molecule has 7 heteroatoms. The molecule has 0 radical (unpaired) electrons. The van der Waals surface area contributed by atoms with Crippen LogP contribution in [0.1, 0.15) is 19.4 Å². The first kappa shape index (κ1) is 17.7. The number of carbonyl (C=O) groups excluding carboxylic acids is 2. The van der Waals surface area contributed by atoms with Gasteiger partial charge in [0.25, 0.3) is 0 Å². The Morgan fingerprint density at radius 3 is 2.67 bits per heavy atom. The number of nitrogens with one attached hydrogen (secondary N) is 1. The number of allylic oxidation sites excluding steroid dienone is 1. The van der Waals surface area contributed by atoms with Gasteiger partial charge in [0, 0.05) is 12.1 Å². The van der Waals surface area contributed by atoms with Crippen molar-refractivity contribution >= 4 is 11.8 Å². The Kier molecular flexibility index (Phi) is 5.70. The molecule has 0 amide bonds. The van der Waals surface area contributed by atoms with Crippen LogP contribution >= 0.6 is 0 Å². The van der Waals surface area contributed by atoms with E-state index in [9.17, 15) is 19.1 Å². The molecule has 0 aromatic heterocycles. The van der Waals surface area contributed by atoms with Crippen molar-refractivity contribution in [2.45, 2.75) is 26.4 Å². The Hall–Kier alpha value is -2.67. The molecule has 0 saturated carbocycles. The number of aliphatic hydroxyl groups is 1. The van der Waals surface area contributed by atoms with Crippen molar-refractivity contribution < 1.29 is 23.8 Å². The molecule has 2 N–H and O–H groups in total. The summed E-state index contributed by atoms with van der Waals surface area (Å²) in [6.45, 7) is 3.88. The number of nitrogens with zero attached hydrogens (tertiary/aromatic N) is 1. The largest absolute Gasteiger partial charge is 0.502 e. The third-order valence-electron chi connectivity index (χ3n) is 3.32. The van der Waals surface area contributed by atoms with Gasteiger partial charge in [-0.15, -0.1) is 0 Å². The SMILES string of the molecule is CCOC(=O)/C(O)=C/C(=O)C1=CC(C)NN1Cc1ccc(F)cc1. The lowest BCUT2D eigenvalue weighted by molar-refractivity contribution is -0.141. The molecule has 1 aliphatic rings. The maximum Gasteiger partial charge on any atom is 0.373 e. The maximum absolute atomic E-state index is 13.0. The van der Waals surface area contributed by atoms with Gasteiger partial charge in [0.2, 0.25) is 11.5 Å². The third-order valence-corrected chi connectivity index (χ3v) is 3.32. The molecule has 1 aromatic rings. The summed E-state index contributed by atoms with van der Waals surface area (Å²) >= 11 is 0. The molecular weight excluding hydrogens is 315 g/mol. The maximum atomic E-state index is 13.0. The van der Waals surface area contributed by atoms with Crippen molar-refractivity contribution in [1.29, 1.82) is 0 Å². The highest BCUT2D eigenvalue weighted by molar-refractivity contribution is 6.07. The fourth-order valence-electron chi connectivity index (χ4n) is 2.26. The molecule has 0 bridgehead atoms. The lowest BCUT2D eigenvalue weighted by Crippen LogP contribution is -2.36. The molecule has 0 spiro atoms. The zero-order valence-corrected chi connectivity index (χ0v) is 13.5. The first-order chi connectivity index (χ1) is 11.4. The number of halogens is 1. The fraction of sp³-hybridized carbons (Fsp3) is 0.294. The summed E-state index contributed by atoms with van der Waals surface area (Å²) in [6.07, 6.45) is 2.52. The molecule has 1 unspecified atom stereocenters. The highest BCUT2D eigenvalue weighted by Crippen LogP contribution is 2.18. The average molecular weight is 334 g/mol. The van der Waals surface area contributed by atoms with Crippen LogP contribution < -0.4 is 5.43 Å². The summed E-state index contributed by atoms with van der Waals surface area (Å²) in [5.74, 6) is -2.56. The normalized spacial score (nSPS) is 17.6. The Labute approximate surface area is 139 Å². The van der Waals surface area contributed by atoms with Crippen molar-refractivity contribution in [3.63, 3.8) is 0 Å². The van der Waals surface area contributed by atoms with E-state index in [0.29, 0.717) is 12.2 Å². The summed E-state index contributed by atoms with van der Waals surface area (Å²) in [6, 6.07) is 5.82. The van der Waals surface area contributed by atoms with Gasteiger partial charge in [0.15, 0.2) is 0 Å². The molecule has 128 valence electrons. The molecule has 0 fully saturated rings. The number of hydrogen-bond donors (Lipinski definition) is 2. The molecule has 1 aromatic carbocycles. The minimum Gasteiger partial charge on any atom is -0.502 e. The van der Waals surface area contributed by atoms with E-state index in [1.807, 2.05) is 6.92 Å². The number of hydrazine groups is 1. The molecule has 24 heavy (non-hydrogen) atoms. The van der Waals surface area contributed by atoms with E-state index < -0.39 is 17.5 Å². The second-order valence-electron chi connectivity index (χ2n) is 5.30. The number of rotatable bonds is 6. The average Bonchev–Trinajstić information content (AvgIpc) is 2.90. The highest BCUT2D eigenvalue weighted by atomic mass is 19.1. The second-order valence-corrected chi connectivity index (χ2v) is 5.30. The number of esters is 1. The van der Waals surface area contributed by atoms with Crippen LogP contribution in [-0.4, -0.2) is 34.5 Å². The zero-order valence-electron chi connectivity index (χ0n) is 13.5. The van der Waals surface area contributed by atoms with E-state index >= 15 is 0 Å². The first-order valence-electron chi connectivity index (χ1n) is 7.52. The van der Waals surface area contributed by atoms with Gasteiger partial charge < -0.3 is 9.84 Å². The monoisotopic (exact) mass is 334 g/mol. The van der Waals surface area contributed by atoms with Crippen molar-refractivity contribution in [1.82, 2.24) is 10.4 Å². The van der Waals surface area contributed by atoms with Crippen molar-refractivity contribution in [2.75, 3.05) is 6.61 Å². The van der Waals surface area contributed by atoms with Gasteiger partial charge in [-0.3, -0.25) is 9.80 Å². The van der Waals surface area contributed by atoms with Crippen LogP contribution in [0, 0.1) is 5.82 Å². The third kappa shape index (κ3) is 4.42. The van der Waals surface area contributed by atoms with Crippen LogP contribution in [0.4, 0.5) is 4.39 Å². The summed E-state index contributed by atoms with van der Waals surface area (Å²) < 4.78 is 17.6. The lowest BCUT2D eigenvalue weighted by Gasteiger charge is -2.22. The van der Waals surface area contributed by atoms with Gasteiger partial charge in [0.05, 0.1) is 18.8 Å². The summed E-state index contributed by atoms with van der Waals surface area (Å²) in [5.41, 5.74) is 4.17. The van der Waals surface area contributed by atoms with Gasteiger partial charge in [0.1, 0.15) is 5.82 Å². The minimum atomic E-state index is -0.949. The number of carbonyl (C=O) groups is 2. The van der Waals surface area contributed by atoms with Crippen LogP contribution in [0.3, 0.4) is 0 Å². The van der Waals surface area contributed by atoms with Crippen LogP contribution in [0.5, 0.6) is 0 Å². The lowest BCUT2D eigenvalue weighted by atomic mass is 10.2.